The molecule has 0 bridgehead atoms. The molecule has 2 atom stereocenters. The number of nitrogen functional groups attached to an aromatic ring is 1. The molecular weight excluding hydrogens is 815 g/mol. The SMILES string of the molecule is Nc1ncnc2c1c(-c1ccc(Oc3ccccc3)cc1)nn2[C@@H]1CCCN(C(=O)N2CCN(CCC3CCN(c4ccc5c(c4)C(=O)N(C4CCC(=O)NC4=O)C5=O)CC3)CC2)C1. The molecule has 5 aromatic rings. The first-order valence-corrected chi connectivity index (χ1v) is 22.4. The second-order valence-electron chi connectivity index (χ2n) is 17.4. The van der Waals surface area contributed by atoms with E-state index in [2.05, 4.69) is 25.1 Å². The Kier molecular flexibility index (Phi) is 11.2. The minimum absolute atomic E-state index is 0.0675. The van der Waals surface area contributed by atoms with E-state index >= 15 is 0 Å². The van der Waals surface area contributed by atoms with E-state index in [1.54, 1.807) is 12.1 Å². The Morgan fingerprint density at radius 2 is 1.53 bits per heavy atom. The molecule has 17 nitrogen and oxygen atoms in total. The number of fused-ring (bicyclic) bond motifs is 2. The van der Waals surface area contributed by atoms with Crippen LogP contribution in [-0.2, 0) is 9.59 Å². The highest BCUT2D eigenvalue weighted by Crippen LogP contribution is 2.36. The van der Waals surface area contributed by atoms with Gasteiger partial charge in [0.25, 0.3) is 11.8 Å². The number of nitrogens with zero attached hydrogens (tertiary/aromatic N) is 9. The zero-order valence-electron chi connectivity index (χ0n) is 35.6. The van der Waals surface area contributed by atoms with E-state index in [9.17, 15) is 24.0 Å². The molecule has 6 amide bonds. The molecule has 4 fully saturated rings. The lowest BCUT2D eigenvalue weighted by atomic mass is 9.92. The summed E-state index contributed by atoms with van der Waals surface area (Å²) in [4.78, 5) is 83.3. The van der Waals surface area contributed by atoms with Crippen LogP contribution in [0.3, 0.4) is 0 Å². The number of carbonyl (C=O) groups is 5. The monoisotopic (exact) mass is 865 g/mol. The summed E-state index contributed by atoms with van der Waals surface area (Å²) in [6, 6.07) is 21.8. The number of carbonyl (C=O) groups excluding carboxylic acids is 5. The van der Waals surface area contributed by atoms with Crippen molar-refractivity contribution in [3.05, 3.63) is 90.3 Å². The zero-order chi connectivity index (χ0) is 43.9. The van der Waals surface area contributed by atoms with Gasteiger partial charge in [-0.05, 0) is 106 Å². The van der Waals surface area contributed by atoms with Gasteiger partial charge in [-0.3, -0.25) is 34.3 Å². The van der Waals surface area contributed by atoms with Crippen LogP contribution in [0.25, 0.3) is 22.3 Å². The fraction of sp³-hybridized carbons (Fsp3) is 0.404. The highest BCUT2D eigenvalue weighted by atomic mass is 16.5. The normalized spacial score (nSPS) is 21.1. The number of anilines is 2. The molecule has 3 aromatic carbocycles. The van der Waals surface area contributed by atoms with Crippen LogP contribution < -0.4 is 20.7 Å². The van der Waals surface area contributed by atoms with Crippen molar-refractivity contribution >= 4 is 52.2 Å². The molecule has 7 heterocycles. The summed E-state index contributed by atoms with van der Waals surface area (Å²) in [7, 11) is 0. The van der Waals surface area contributed by atoms with E-state index in [1.165, 1.54) is 6.33 Å². The molecule has 1 unspecified atom stereocenters. The number of hydrogen-bond acceptors (Lipinski definition) is 12. The molecule has 0 radical (unpaired) electrons. The Bertz CT molecular complexity index is 2600. The van der Waals surface area contributed by atoms with Gasteiger partial charge in [-0.25, -0.2) is 19.4 Å². The lowest BCUT2D eigenvalue weighted by molar-refractivity contribution is -0.136. The van der Waals surface area contributed by atoms with Gasteiger partial charge in [0.15, 0.2) is 5.65 Å². The van der Waals surface area contributed by atoms with Crippen molar-refractivity contribution in [1.29, 1.82) is 0 Å². The largest absolute Gasteiger partial charge is 0.457 e. The Morgan fingerprint density at radius 3 is 2.30 bits per heavy atom. The summed E-state index contributed by atoms with van der Waals surface area (Å²) in [5, 5.41) is 8.02. The van der Waals surface area contributed by atoms with Crippen molar-refractivity contribution in [2.45, 2.75) is 57.0 Å². The number of rotatable bonds is 9. The predicted molar refractivity (Wildman–Crippen MR) is 238 cm³/mol. The van der Waals surface area contributed by atoms with Crippen LogP contribution in [0.2, 0.25) is 0 Å². The highest BCUT2D eigenvalue weighted by Gasteiger charge is 2.45. The summed E-state index contributed by atoms with van der Waals surface area (Å²) < 4.78 is 7.95. The maximum atomic E-state index is 14.0. The molecule has 0 aliphatic carbocycles. The van der Waals surface area contributed by atoms with Crippen molar-refractivity contribution < 1.29 is 28.7 Å². The van der Waals surface area contributed by atoms with Crippen LogP contribution in [0.5, 0.6) is 11.5 Å². The average Bonchev–Trinajstić information content (AvgIpc) is 3.84. The van der Waals surface area contributed by atoms with E-state index in [4.69, 9.17) is 15.6 Å². The topological polar surface area (TPSA) is 192 Å². The van der Waals surface area contributed by atoms with E-state index in [0.717, 1.165) is 86.7 Å². The third kappa shape index (κ3) is 7.99. The van der Waals surface area contributed by atoms with Crippen molar-refractivity contribution in [2.24, 2.45) is 5.92 Å². The van der Waals surface area contributed by atoms with Crippen molar-refractivity contribution in [2.75, 3.05) is 69.5 Å². The van der Waals surface area contributed by atoms with Crippen molar-refractivity contribution in [3.8, 4) is 22.8 Å². The number of para-hydroxylation sites is 1. The Balaban J connectivity index is 0.705. The molecule has 0 spiro atoms. The number of piperidine rings is 3. The molecule has 17 heteroatoms. The molecule has 3 N–H and O–H groups in total. The van der Waals surface area contributed by atoms with E-state index in [0.29, 0.717) is 71.5 Å². The fourth-order valence-corrected chi connectivity index (χ4v) is 9.95. The van der Waals surface area contributed by atoms with Gasteiger partial charge >= 0.3 is 6.03 Å². The Morgan fingerprint density at radius 1 is 0.781 bits per heavy atom. The predicted octanol–water partition coefficient (Wildman–Crippen LogP) is 4.95. The van der Waals surface area contributed by atoms with Crippen LogP contribution >= 0.6 is 0 Å². The van der Waals surface area contributed by atoms with Crippen LogP contribution in [-0.4, -0.2) is 134 Å². The number of amides is 6. The Hall–Kier alpha value is -6.88. The number of urea groups is 1. The number of ether oxygens (including phenoxy) is 1. The van der Waals surface area contributed by atoms with Gasteiger partial charge in [0, 0.05) is 70.0 Å². The summed E-state index contributed by atoms with van der Waals surface area (Å²) >= 11 is 0. The van der Waals surface area contributed by atoms with Gasteiger partial charge in [0.1, 0.15) is 35.4 Å². The number of nitrogens with one attached hydrogen (secondary N) is 1. The molecule has 5 aliphatic heterocycles. The number of aromatic nitrogens is 4. The third-order valence-electron chi connectivity index (χ3n) is 13.5. The van der Waals surface area contributed by atoms with Gasteiger partial charge in [-0.15, -0.1) is 0 Å². The quantitative estimate of drug-likeness (QED) is 0.190. The maximum absolute atomic E-state index is 14.0. The first-order valence-electron chi connectivity index (χ1n) is 22.4. The van der Waals surface area contributed by atoms with Gasteiger partial charge in [0.05, 0.1) is 22.6 Å². The van der Waals surface area contributed by atoms with Crippen molar-refractivity contribution in [3.63, 3.8) is 0 Å². The minimum Gasteiger partial charge on any atom is -0.457 e. The van der Waals surface area contributed by atoms with Crippen molar-refractivity contribution in [1.82, 2.24) is 44.7 Å². The number of nitrogens with two attached hydrogens (primary N) is 1. The smallest absolute Gasteiger partial charge is 0.320 e. The standard InChI is InChI=1S/C47H51N11O6/c48-42-40-41(31-8-11-35(12-9-31)64-34-6-2-1-3-7-34)52-58(43(40)50-29-49-42)33-5-4-19-56(28-33)47(63)55-25-23-53(24-26-55)20-16-30-17-21-54(22-18-30)32-10-13-36-37(27-32)46(62)57(45(36)61)38-14-15-39(59)51-44(38)60/h1-3,6-13,27,29-30,33,38H,4-5,14-26,28H2,(H2,48,49,50)(H,51,59,60)/t33-,38?/m1/s1. The second-order valence-corrected chi connectivity index (χ2v) is 17.4. The summed E-state index contributed by atoms with van der Waals surface area (Å²) in [6.45, 7) is 6.92. The van der Waals surface area contributed by atoms with Gasteiger partial charge in [0.2, 0.25) is 11.8 Å². The molecule has 10 rings (SSSR count). The molecule has 4 saturated heterocycles. The third-order valence-corrected chi connectivity index (χ3v) is 13.5. The number of piperazine rings is 1. The summed E-state index contributed by atoms with van der Waals surface area (Å²) in [5.41, 5.74) is 10.2. The van der Waals surface area contributed by atoms with E-state index < -0.39 is 29.7 Å². The minimum atomic E-state index is -0.977. The molecule has 64 heavy (non-hydrogen) atoms. The number of hydrogen-bond donors (Lipinski definition) is 2. The highest BCUT2D eigenvalue weighted by molar-refractivity contribution is 6.23. The maximum Gasteiger partial charge on any atom is 0.320 e. The fourth-order valence-electron chi connectivity index (χ4n) is 9.95. The van der Waals surface area contributed by atoms with E-state index in [-0.39, 0.29) is 24.9 Å². The number of likely N-dealkylation sites (tertiary alicyclic amines) is 1. The van der Waals surface area contributed by atoms with E-state index in [1.807, 2.05) is 75.1 Å². The summed E-state index contributed by atoms with van der Waals surface area (Å²) in [5.74, 6) is 0.412. The summed E-state index contributed by atoms with van der Waals surface area (Å²) in [6.07, 6.45) is 6.51. The zero-order valence-corrected chi connectivity index (χ0v) is 35.6. The van der Waals surface area contributed by atoms with Gasteiger partial charge < -0.3 is 25.2 Å². The molecular formula is C47H51N11O6. The van der Waals surface area contributed by atoms with Crippen LogP contribution in [0.15, 0.2) is 79.1 Å². The van der Waals surface area contributed by atoms with Crippen LogP contribution in [0, 0.1) is 5.92 Å². The lowest BCUT2D eigenvalue weighted by Gasteiger charge is -2.40. The van der Waals surface area contributed by atoms with Gasteiger partial charge in [-0.2, -0.15) is 5.10 Å². The second kappa shape index (κ2) is 17.4. The van der Waals surface area contributed by atoms with Crippen LogP contribution in [0.1, 0.15) is 71.7 Å². The van der Waals surface area contributed by atoms with Crippen LogP contribution in [0.4, 0.5) is 16.3 Å². The average molecular weight is 866 g/mol. The Labute approximate surface area is 370 Å². The number of benzene rings is 3. The number of imide groups is 2. The van der Waals surface area contributed by atoms with Gasteiger partial charge in [-0.1, -0.05) is 18.2 Å². The first-order chi connectivity index (χ1) is 31.2. The first kappa shape index (κ1) is 41.1. The lowest BCUT2D eigenvalue weighted by Crippen LogP contribution is -2.54. The molecule has 5 aliphatic rings. The molecule has 330 valence electrons. The molecule has 0 saturated carbocycles. The molecule has 2 aromatic heterocycles.